The zero-order chi connectivity index (χ0) is 15.4. The minimum atomic E-state index is -0.139. The molecule has 1 amide bonds. The van der Waals surface area contributed by atoms with Crippen LogP contribution in [0.1, 0.15) is 17.4 Å². The van der Waals surface area contributed by atoms with Crippen LogP contribution in [0.4, 0.5) is 0 Å². The van der Waals surface area contributed by atoms with Crippen molar-refractivity contribution in [2.45, 2.75) is 13.0 Å². The molecule has 0 bridgehead atoms. The van der Waals surface area contributed by atoms with E-state index >= 15 is 0 Å². The molecule has 1 heterocycles. The number of aromatic nitrogens is 2. The molecule has 0 aliphatic rings. The third-order valence-corrected chi connectivity index (χ3v) is 3.47. The van der Waals surface area contributed by atoms with E-state index in [1.54, 1.807) is 36.0 Å². The molecule has 1 atom stereocenters. The molecule has 7 heteroatoms. The molecule has 2 rings (SSSR count). The largest absolute Gasteiger partial charge is 0.497 e. The van der Waals surface area contributed by atoms with Crippen LogP contribution >= 0.6 is 12.4 Å². The molecule has 0 aliphatic heterocycles. The van der Waals surface area contributed by atoms with Crippen LogP contribution < -0.4 is 10.5 Å². The van der Waals surface area contributed by atoms with E-state index in [9.17, 15) is 4.79 Å². The summed E-state index contributed by atoms with van der Waals surface area (Å²) in [4.78, 5) is 13.9. The lowest BCUT2D eigenvalue weighted by Gasteiger charge is -2.22. The first-order valence-electron chi connectivity index (χ1n) is 6.74. The number of nitrogens with two attached hydrogens (primary N) is 1. The van der Waals surface area contributed by atoms with Crippen molar-refractivity contribution in [3.63, 3.8) is 0 Å². The zero-order valence-corrected chi connectivity index (χ0v) is 13.7. The number of ether oxygens (including phenoxy) is 1. The quantitative estimate of drug-likeness (QED) is 0.909. The van der Waals surface area contributed by atoms with Gasteiger partial charge in [-0.25, -0.2) is 4.68 Å². The molecule has 22 heavy (non-hydrogen) atoms. The van der Waals surface area contributed by atoms with Crippen LogP contribution in [0.25, 0.3) is 5.69 Å². The van der Waals surface area contributed by atoms with Crippen molar-refractivity contribution >= 4 is 18.3 Å². The fourth-order valence-electron chi connectivity index (χ4n) is 1.86. The summed E-state index contributed by atoms with van der Waals surface area (Å²) in [5, 5.41) is 4.32. The van der Waals surface area contributed by atoms with Gasteiger partial charge in [0.25, 0.3) is 5.91 Å². The lowest BCUT2D eigenvalue weighted by atomic mass is 10.2. The van der Waals surface area contributed by atoms with Gasteiger partial charge in [0, 0.05) is 25.8 Å². The maximum absolute atomic E-state index is 12.3. The van der Waals surface area contributed by atoms with Crippen molar-refractivity contribution in [2.24, 2.45) is 5.73 Å². The topological polar surface area (TPSA) is 73.4 Å². The number of halogens is 1. The van der Waals surface area contributed by atoms with Crippen molar-refractivity contribution in [1.82, 2.24) is 14.7 Å². The lowest BCUT2D eigenvalue weighted by Crippen LogP contribution is -2.39. The molecule has 0 fully saturated rings. The number of carbonyl (C=O) groups excluding carboxylic acids is 1. The van der Waals surface area contributed by atoms with Crippen molar-refractivity contribution in [3.8, 4) is 11.4 Å². The monoisotopic (exact) mass is 324 g/mol. The maximum Gasteiger partial charge on any atom is 0.274 e. The number of amides is 1. The number of hydrogen-bond acceptors (Lipinski definition) is 4. The normalized spacial score (nSPS) is 11.5. The third-order valence-electron chi connectivity index (χ3n) is 3.47. The van der Waals surface area contributed by atoms with Crippen LogP contribution in [-0.4, -0.2) is 47.3 Å². The number of methoxy groups -OCH3 is 1. The van der Waals surface area contributed by atoms with Crippen molar-refractivity contribution in [2.75, 3.05) is 20.7 Å². The summed E-state index contributed by atoms with van der Waals surface area (Å²) < 4.78 is 6.78. The fraction of sp³-hybridized carbons (Fsp3) is 0.333. The number of nitrogens with zero attached hydrogens (tertiary/aromatic N) is 3. The van der Waals surface area contributed by atoms with E-state index in [0.29, 0.717) is 12.2 Å². The van der Waals surface area contributed by atoms with Gasteiger partial charge in [0.1, 0.15) is 5.75 Å². The summed E-state index contributed by atoms with van der Waals surface area (Å²) in [5.74, 6) is 0.638. The van der Waals surface area contributed by atoms with Gasteiger partial charge in [0.2, 0.25) is 0 Å². The Labute approximate surface area is 136 Å². The average Bonchev–Trinajstić information content (AvgIpc) is 3.02. The van der Waals surface area contributed by atoms with Gasteiger partial charge in [-0.3, -0.25) is 4.79 Å². The molecule has 6 nitrogen and oxygen atoms in total. The minimum Gasteiger partial charge on any atom is -0.497 e. The highest BCUT2D eigenvalue weighted by Gasteiger charge is 2.18. The molecular formula is C15H21ClN4O2. The molecule has 2 aromatic rings. The van der Waals surface area contributed by atoms with E-state index in [1.807, 2.05) is 31.2 Å². The number of carbonyl (C=O) groups is 1. The summed E-state index contributed by atoms with van der Waals surface area (Å²) in [5.41, 5.74) is 6.84. The molecule has 1 aromatic heterocycles. The lowest BCUT2D eigenvalue weighted by molar-refractivity contribution is 0.0742. The van der Waals surface area contributed by atoms with E-state index in [0.717, 1.165) is 11.4 Å². The van der Waals surface area contributed by atoms with Gasteiger partial charge in [-0.1, -0.05) is 0 Å². The molecule has 120 valence electrons. The van der Waals surface area contributed by atoms with Crippen LogP contribution in [-0.2, 0) is 0 Å². The number of likely N-dealkylation sites (N-methyl/N-ethyl adjacent to an activating group) is 1. The summed E-state index contributed by atoms with van der Waals surface area (Å²) in [6, 6.07) is 9.14. The molecule has 0 spiro atoms. The molecule has 1 unspecified atom stereocenters. The summed E-state index contributed by atoms with van der Waals surface area (Å²) in [7, 11) is 3.35. The van der Waals surface area contributed by atoms with Crippen LogP contribution in [0.3, 0.4) is 0 Å². The highest BCUT2D eigenvalue weighted by Crippen LogP contribution is 2.15. The van der Waals surface area contributed by atoms with Gasteiger partial charge >= 0.3 is 0 Å². The molecule has 0 saturated heterocycles. The number of hydrogen-bond donors (Lipinski definition) is 1. The van der Waals surface area contributed by atoms with E-state index in [2.05, 4.69) is 5.10 Å². The van der Waals surface area contributed by atoms with Crippen LogP contribution in [0.2, 0.25) is 0 Å². The smallest absolute Gasteiger partial charge is 0.274 e. The Morgan fingerprint density at radius 2 is 2.00 bits per heavy atom. The van der Waals surface area contributed by atoms with Crippen molar-refractivity contribution < 1.29 is 9.53 Å². The van der Waals surface area contributed by atoms with E-state index in [1.165, 1.54) is 0 Å². The van der Waals surface area contributed by atoms with Gasteiger partial charge in [-0.15, -0.1) is 12.4 Å². The minimum absolute atomic E-state index is 0. The third kappa shape index (κ3) is 3.78. The first kappa shape index (κ1) is 18.0. The summed E-state index contributed by atoms with van der Waals surface area (Å²) >= 11 is 0. The Morgan fingerprint density at radius 3 is 2.55 bits per heavy atom. The van der Waals surface area contributed by atoms with Crippen molar-refractivity contribution in [1.29, 1.82) is 0 Å². The van der Waals surface area contributed by atoms with Crippen molar-refractivity contribution in [3.05, 3.63) is 42.2 Å². The Kier molecular flexibility index (Phi) is 6.39. The fourth-order valence-corrected chi connectivity index (χ4v) is 1.86. The molecule has 0 saturated carbocycles. The molecule has 1 aromatic carbocycles. The van der Waals surface area contributed by atoms with Crippen LogP contribution in [0, 0.1) is 0 Å². The molecule has 0 radical (unpaired) electrons. The molecule has 2 N–H and O–H groups in total. The van der Waals surface area contributed by atoms with Gasteiger partial charge in [-0.05, 0) is 37.3 Å². The summed E-state index contributed by atoms with van der Waals surface area (Å²) in [6.07, 6.45) is 1.76. The first-order valence-corrected chi connectivity index (χ1v) is 6.74. The van der Waals surface area contributed by atoms with Gasteiger partial charge in [0.15, 0.2) is 5.69 Å². The Hall–Kier alpha value is -2.05. The highest BCUT2D eigenvalue weighted by atomic mass is 35.5. The van der Waals surface area contributed by atoms with Gasteiger partial charge < -0.3 is 15.4 Å². The zero-order valence-electron chi connectivity index (χ0n) is 12.9. The highest BCUT2D eigenvalue weighted by molar-refractivity contribution is 5.92. The van der Waals surface area contributed by atoms with Gasteiger partial charge in [0.05, 0.1) is 12.8 Å². The molecular weight excluding hydrogens is 304 g/mol. The second kappa shape index (κ2) is 7.82. The van der Waals surface area contributed by atoms with E-state index in [4.69, 9.17) is 10.5 Å². The van der Waals surface area contributed by atoms with Gasteiger partial charge in [-0.2, -0.15) is 5.10 Å². The average molecular weight is 325 g/mol. The first-order chi connectivity index (χ1) is 10.1. The SMILES string of the molecule is COc1ccc(-n2ccc(C(=O)N(C)C(C)CN)n2)cc1.Cl. The molecule has 0 aliphatic carbocycles. The summed E-state index contributed by atoms with van der Waals surface area (Å²) in [6.45, 7) is 2.32. The second-order valence-electron chi connectivity index (χ2n) is 4.84. The Morgan fingerprint density at radius 1 is 1.36 bits per heavy atom. The predicted octanol–water partition coefficient (Wildman–Crippen LogP) is 1.72. The predicted molar refractivity (Wildman–Crippen MR) is 88.0 cm³/mol. The van der Waals surface area contributed by atoms with Crippen LogP contribution in [0.5, 0.6) is 5.75 Å². The van der Waals surface area contributed by atoms with Crippen LogP contribution in [0.15, 0.2) is 36.5 Å². The Bertz CT molecular complexity index is 612. The Balaban J connectivity index is 0.00000242. The number of benzene rings is 1. The second-order valence-corrected chi connectivity index (χ2v) is 4.84. The standard InChI is InChI=1S/C15H20N4O2.ClH/c1-11(10-16)18(2)15(20)14-8-9-19(17-14)12-4-6-13(21-3)7-5-12;/h4-9,11H,10,16H2,1-3H3;1H. The van der Waals surface area contributed by atoms with E-state index < -0.39 is 0 Å². The van der Waals surface area contributed by atoms with E-state index in [-0.39, 0.29) is 24.4 Å². The number of rotatable bonds is 5. The maximum atomic E-state index is 12.3.